The second-order valence-corrected chi connectivity index (χ2v) is 7.89. The smallest absolute Gasteiger partial charge is 0.258 e. The van der Waals surface area contributed by atoms with Crippen LogP contribution in [-0.2, 0) is 13.5 Å². The second-order valence-electron chi connectivity index (χ2n) is 7.01. The van der Waals surface area contributed by atoms with Gasteiger partial charge in [-0.15, -0.1) is 11.8 Å². The lowest BCUT2D eigenvalue weighted by Crippen LogP contribution is -2.16. The van der Waals surface area contributed by atoms with Crippen LogP contribution >= 0.6 is 11.8 Å². The number of nitrogens with zero attached hydrogens (tertiary/aromatic N) is 1. The summed E-state index contributed by atoms with van der Waals surface area (Å²) in [5.41, 5.74) is 3.91. The number of thioether (sulfide) groups is 1. The summed E-state index contributed by atoms with van der Waals surface area (Å²) < 4.78 is 1.72. The van der Waals surface area contributed by atoms with E-state index >= 15 is 0 Å². The van der Waals surface area contributed by atoms with Crippen LogP contribution in [0.25, 0.3) is 21.9 Å². The maximum absolute atomic E-state index is 12.5. The Morgan fingerprint density at radius 1 is 1.08 bits per heavy atom. The molecular weight excluding hydrogens is 326 g/mol. The SMILES string of the molecule is CSc1ccc(CCC2CC2)c(-c2cn(C)c(=O)c3ccccc23)c1. The highest BCUT2D eigenvalue weighted by atomic mass is 32.2. The second kappa shape index (κ2) is 6.72. The molecule has 0 spiro atoms. The van der Waals surface area contributed by atoms with Crippen molar-refractivity contribution in [3.8, 4) is 11.1 Å². The first-order valence-corrected chi connectivity index (χ1v) is 10.2. The molecule has 0 radical (unpaired) electrons. The minimum Gasteiger partial charge on any atom is -0.317 e. The number of aryl methyl sites for hydroxylation is 2. The van der Waals surface area contributed by atoms with Gasteiger partial charge in [-0.2, -0.15) is 0 Å². The van der Waals surface area contributed by atoms with Crippen molar-refractivity contribution in [1.29, 1.82) is 0 Å². The van der Waals surface area contributed by atoms with Gasteiger partial charge in [0, 0.05) is 29.1 Å². The maximum atomic E-state index is 12.5. The van der Waals surface area contributed by atoms with E-state index in [-0.39, 0.29) is 5.56 Å². The van der Waals surface area contributed by atoms with E-state index < -0.39 is 0 Å². The molecule has 1 aromatic heterocycles. The molecule has 3 heteroatoms. The van der Waals surface area contributed by atoms with Crippen LogP contribution in [0.5, 0.6) is 0 Å². The molecule has 1 aliphatic rings. The van der Waals surface area contributed by atoms with Crippen LogP contribution in [0.15, 0.2) is 58.4 Å². The van der Waals surface area contributed by atoms with Crippen LogP contribution in [0.4, 0.5) is 0 Å². The van der Waals surface area contributed by atoms with Gasteiger partial charge in [-0.3, -0.25) is 4.79 Å². The molecule has 0 atom stereocenters. The Balaban J connectivity index is 1.92. The quantitative estimate of drug-likeness (QED) is 0.585. The molecule has 1 heterocycles. The standard InChI is InChI=1S/C22H23NOS/c1-23-14-21(18-5-3-4-6-19(18)22(23)24)20-13-17(25-2)12-11-16(20)10-9-15-7-8-15/h3-6,11-15H,7-10H2,1-2H3. The number of pyridine rings is 1. The molecule has 128 valence electrons. The fraction of sp³-hybridized carbons (Fsp3) is 0.318. The van der Waals surface area contributed by atoms with E-state index in [9.17, 15) is 4.79 Å². The minimum absolute atomic E-state index is 0.0694. The molecule has 1 saturated carbocycles. The molecule has 3 aromatic rings. The molecule has 0 N–H and O–H groups in total. The molecule has 0 aliphatic heterocycles. The van der Waals surface area contributed by atoms with Gasteiger partial charge in [0.15, 0.2) is 0 Å². The lowest BCUT2D eigenvalue weighted by Gasteiger charge is -2.15. The van der Waals surface area contributed by atoms with Gasteiger partial charge in [0.05, 0.1) is 0 Å². The van der Waals surface area contributed by atoms with Gasteiger partial charge in [0.25, 0.3) is 5.56 Å². The van der Waals surface area contributed by atoms with Gasteiger partial charge in [-0.05, 0) is 59.7 Å². The maximum Gasteiger partial charge on any atom is 0.258 e. The fourth-order valence-corrected chi connectivity index (χ4v) is 3.99. The monoisotopic (exact) mass is 349 g/mol. The Morgan fingerprint density at radius 2 is 1.84 bits per heavy atom. The van der Waals surface area contributed by atoms with Crippen LogP contribution in [0, 0.1) is 5.92 Å². The molecule has 0 amide bonds. The predicted molar refractivity (Wildman–Crippen MR) is 107 cm³/mol. The lowest BCUT2D eigenvalue weighted by molar-refractivity contribution is 0.727. The van der Waals surface area contributed by atoms with Crippen LogP contribution < -0.4 is 5.56 Å². The van der Waals surface area contributed by atoms with Gasteiger partial charge in [-0.1, -0.05) is 37.1 Å². The van der Waals surface area contributed by atoms with Crippen LogP contribution in [0.3, 0.4) is 0 Å². The van der Waals surface area contributed by atoms with Crippen LogP contribution in [0.1, 0.15) is 24.8 Å². The molecule has 0 saturated heterocycles. The van der Waals surface area contributed by atoms with Crippen molar-refractivity contribution in [3.05, 3.63) is 64.6 Å². The van der Waals surface area contributed by atoms with Crippen molar-refractivity contribution in [1.82, 2.24) is 4.57 Å². The summed E-state index contributed by atoms with van der Waals surface area (Å²) in [6.45, 7) is 0. The van der Waals surface area contributed by atoms with Gasteiger partial charge < -0.3 is 4.57 Å². The zero-order valence-corrected chi connectivity index (χ0v) is 15.6. The lowest BCUT2D eigenvalue weighted by atomic mass is 9.93. The number of rotatable bonds is 5. The van der Waals surface area contributed by atoms with Crippen molar-refractivity contribution >= 4 is 22.5 Å². The van der Waals surface area contributed by atoms with E-state index in [0.29, 0.717) is 0 Å². The van der Waals surface area contributed by atoms with E-state index in [1.165, 1.54) is 40.8 Å². The molecule has 2 aromatic carbocycles. The van der Waals surface area contributed by atoms with E-state index in [0.717, 1.165) is 23.1 Å². The Bertz CT molecular complexity index is 985. The average Bonchev–Trinajstić information content (AvgIpc) is 3.47. The Kier molecular flexibility index (Phi) is 4.43. The van der Waals surface area contributed by atoms with Crippen LogP contribution in [0.2, 0.25) is 0 Å². The Labute approximate surface area is 152 Å². The number of aromatic nitrogens is 1. The highest BCUT2D eigenvalue weighted by Gasteiger charge is 2.21. The molecule has 2 nitrogen and oxygen atoms in total. The fourth-order valence-electron chi connectivity index (χ4n) is 3.55. The van der Waals surface area contributed by atoms with Crippen molar-refractivity contribution in [2.24, 2.45) is 13.0 Å². The largest absolute Gasteiger partial charge is 0.317 e. The molecular formula is C22H23NOS. The summed E-state index contributed by atoms with van der Waals surface area (Å²) in [5.74, 6) is 0.921. The average molecular weight is 349 g/mol. The number of hydrogen-bond acceptors (Lipinski definition) is 2. The normalized spacial score (nSPS) is 14.2. The third-order valence-electron chi connectivity index (χ3n) is 5.22. The highest BCUT2D eigenvalue weighted by molar-refractivity contribution is 7.98. The molecule has 1 fully saturated rings. The topological polar surface area (TPSA) is 22.0 Å². The summed E-state index contributed by atoms with van der Waals surface area (Å²) in [6, 6.07) is 14.8. The zero-order chi connectivity index (χ0) is 17.4. The number of fused-ring (bicyclic) bond motifs is 1. The molecule has 1 aliphatic carbocycles. The minimum atomic E-state index is 0.0694. The summed E-state index contributed by atoms with van der Waals surface area (Å²) >= 11 is 1.77. The van der Waals surface area contributed by atoms with Crippen molar-refractivity contribution in [3.63, 3.8) is 0 Å². The van der Waals surface area contributed by atoms with Crippen LogP contribution in [-0.4, -0.2) is 10.8 Å². The first-order chi connectivity index (χ1) is 12.2. The van der Waals surface area contributed by atoms with E-state index in [1.54, 1.807) is 16.3 Å². The summed E-state index contributed by atoms with van der Waals surface area (Å²) in [5, 5.41) is 1.85. The Morgan fingerprint density at radius 3 is 2.56 bits per heavy atom. The first-order valence-electron chi connectivity index (χ1n) is 8.93. The van der Waals surface area contributed by atoms with Gasteiger partial charge in [-0.25, -0.2) is 0 Å². The van der Waals surface area contributed by atoms with Crippen molar-refractivity contribution < 1.29 is 0 Å². The number of benzene rings is 2. The summed E-state index contributed by atoms with van der Waals surface area (Å²) in [6.07, 6.45) is 9.29. The van der Waals surface area contributed by atoms with Crippen molar-refractivity contribution in [2.45, 2.75) is 30.6 Å². The molecule has 4 rings (SSSR count). The Hall–Kier alpha value is -2.00. The molecule has 0 unspecified atom stereocenters. The zero-order valence-electron chi connectivity index (χ0n) is 14.8. The summed E-state index contributed by atoms with van der Waals surface area (Å²) in [7, 11) is 1.85. The van der Waals surface area contributed by atoms with E-state index in [2.05, 4.69) is 30.5 Å². The predicted octanol–water partition coefficient (Wildman–Crippen LogP) is 5.27. The van der Waals surface area contributed by atoms with Gasteiger partial charge in [0.2, 0.25) is 0 Å². The highest BCUT2D eigenvalue weighted by Crippen LogP contribution is 2.37. The van der Waals surface area contributed by atoms with E-state index in [4.69, 9.17) is 0 Å². The third-order valence-corrected chi connectivity index (χ3v) is 5.94. The van der Waals surface area contributed by atoms with Crippen molar-refractivity contribution in [2.75, 3.05) is 6.26 Å². The summed E-state index contributed by atoms with van der Waals surface area (Å²) in [4.78, 5) is 13.8. The molecule has 0 bridgehead atoms. The van der Waals surface area contributed by atoms with Gasteiger partial charge in [0.1, 0.15) is 0 Å². The number of hydrogen-bond donors (Lipinski definition) is 0. The van der Waals surface area contributed by atoms with Gasteiger partial charge >= 0.3 is 0 Å². The third kappa shape index (κ3) is 3.25. The molecule has 25 heavy (non-hydrogen) atoms. The van der Waals surface area contributed by atoms with E-state index in [1.807, 2.05) is 31.4 Å². The first kappa shape index (κ1) is 16.5.